The molecule has 0 atom stereocenters. The summed E-state index contributed by atoms with van der Waals surface area (Å²) in [5.41, 5.74) is 5.42. The molecule has 0 bridgehead atoms. The van der Waals surface area contributed by atoms with Crippen LogP contribution in [0, 0.1) is 0 Å². The van der Waals surface area contributed by atoms with Gasteiger partial charge in [0, 0.05) is 12.1 Å². The molecule has 4 nitrogen and oxygen atoms in total. The van der Waals surface area contributed by atoms with Gasteiger partial charge in [-0.2, -0.15) is 0 Å². The van der Waals surface area contributed by atoms with Crippen molar-refractivity contribution >= 4 is 17.5 Å². The normalized spacial score (nSPS) is 9.79. The lowest BCUT2D eigenvalue weighted by atomic mass is 10.3. The number of nitrogens with zero attached hydrogens (tertiary/aromatic N) is 1. The average molecular weight is 215 g/mol. The molecule has 0 radical (unpaired) electrons. The van der Waals surface area contributed by atoms with E-state index in [1.165, 1.54) is 12.4 Å². The van der Waals surface area contributed by atoms with Gasteiger partial charge in [-0.25, -0.2) is 0 Å². The van der Waals surface area contributed by atoms with Gasteiger partial charge < -0.3 is 10.5 Å². The van der Waals surface area contributed by atoms with Gasteiger partial charge in [-0.1, -0.05) is 0 Å². The van der Waals surface area contributed by atoms with Gasteiger partial charge in [0.1, 0.15) is 5.75 Å². The van der Waals surface area contributed by atoms with Gasteiger partial charge in [0.15, 0.2) is 0 Å². The van der Waals surface area contributed by atoms with Crippen LogP contribution in [0.2, 0.25) is 0 Å². The van der Waals surface area contributed by atoms with Crippen molar-refractivity contribution in [1.29, 1.82) is 0 Å². The third-order valence-electron chi connectivity index (χ3n) is 1.54. The van der Waals surface area contributed by atoms with Crippen LogP contribution in [-0.4, -0.2) is 23.4 Å². The molecule has 14 heavy (non-hydrogen) atoms. The second-order valence-corrected chi connectivity index (χ2v) is 3.04. The summed E-state index contributed by atoms with van der Waals surface area (Å²) in [7, 11) is 0. The number of pyridine rings is 1. The first-order chi connectivity index (χ1) is 6.74. The van der Waals surface area contributed by atoms with Gasteiger partial charge in [0.2, 0.25) is 5.91 Å². The molecule has 0 aliphatic heterocycles. The number of halogens is 1. The summed E-state index contributed by atoms with van der Waals surface area (Å²) in [6.07, 6.45) is 3.68. The summed E-state index contributed by atoms with van der Waals surface area (Å²) in [5, 5.41) is 0. The summed E-state index contributed by atoms with van der Waals surface area (Å²) in [6, 6.07) is 1.56. The quantitative estimate of drug-likeness (QED) is 0.592. The maximum absolute atomic E-state index is 10.8. The van der Waals surface area contributed by atoms with Crippen molar-refractivity contribution in [1.82, 2.24) is 4.98 Å². The third kappa shape index (κ3) is 3.22. The Morgan fingerprint density at radius 1 is 1.57 bits per heavy atom. The SMILES string of the molecule is NC(=O)c1cncc(OCCCCl)c1. The number of rotatable bonds is 5. The molecule has 0 saturated carbocycles. The number of aromatic nitrogens is 1. The van der Waals surface area contributed by atoms with Crippen molar-refractivity contribution in [2.45, 2.75) is 6.42 Å². The van der Waals surface area contributed by atoms with Crippen molar-refractivity contribution in [2.75, 3.05) is 12.5 Å². The van der Waals surface area contributed by atoms with Gasteiger partial charge in [-0.3, -0.25) is 9.78 Å². The minimum Gasteiger partial charge on any atom is -0.492 e. The first-order valence-electron chi connectivity index (χ1n) is 4.17. The largest absolute Gasteiger partial charge is 0.492 e. The van der Waals surface area contributed by atoms with Crippen LogP contribution in [0.5, 0.6) is 5.75 Å². The van der Waals surface area contributed by atoms with Crippen LogP contribution in [0.15, 0.2) is 18.5 Å². The first-order valence-corrected chi connectivity index (χ1v) is 4.71. The number of amides is 1. The Balaban J connectivity index is 2.59. The van der Waals surface area contributed by atoms with Crippen molar-refractivity contribution in [3.05, 3.63) is 24.0 Å². The lowest BCUT2D eigenvalue weighted by molar-refractivity contribution is 0.0999. The summed E-state index contributed by atoms with van der Waals surface area (Å²) < 4.78 is 5.28. The molecule has 0 aliphatic carbocycles. The van der Waals surface area contributed by atoms with E-state index < -0.39 is 5.91 Å². The van der Waals surface area contributed by atoms with E-state index in [-0.39, 0.29) is 0 Å². The van der Waals surface area contributed by atoms with Crippen molar-refractivity contribution in [3.63, 3.8) is 0 Å². The molecule has 0 unspecified atom stereocenters. The van der Waals surface area contributed by atoms with Crippen LogP contribution < -0.4 is 10.5 Å². The molecular weight excluding hydrogens is 204 g/mol. The molecule has 0 aliphatic rings. The molecule has 1 amide bonds. The zero-order valence-electron chi connectivity index (χ0n) is 7.57. The molecule has 5 heteroatoms. The zero-order valence-corrected chi connectivity index (χ0v) is 8.33. The summed E-state index contributed by atoms with van der Waals surface area (Å²) in [6.45, 7) is 0.507. The maximum Gasteiger partial charge on any atom is 0.250 e. The maximum atomic E-state index is 10.8. The van der Waals surface area contributed by atoms with E-state index in [1.807, 2.05) is 0 Å². The summed E-state index contributed by atoms with van der Waals surface area (Å²) in [4.78, 5) is 14.6. The number of nitrogens with two attached hydrogens (primary N) is 1. The average Bonchev–Trinajstić information content (AvgIpc) is 2.19. The minimum atomic E-state index is -0.514. The van der Waals surface area contributed by atoms with Gasteiger partial charge in [-0.05, 0) is 12.5 Å². The second-order valence-electron chi connectivity index (χ2n) is 2.66. The topological polar surface area (TPSA) is 65.2 Å². The van der Waals surface area contributed by atoms with Crippen LogP contribution in [0.4, 0.5) is 0 Å². The monoisotopic (exact) mass is 214 g/mol. The highest BCUT2D eigenvalue weighted by atomic mass is 35.5. The number of carbonyl (C=O) groups excluding carboxylic acids is 1. The van der Waals surface area contributed by atoms with E-state index >= 15 is 0 Å². The van der Waals surface area contributed by atoms with Crippen LogP contribution in [0.25, 0.3) is 0 Å². The van der Waals surface area contributed by atoms with Gasteiger partial charge in [0.05, 0.1) is 18.4 Å². The lowest BCUT2D eigenvalue weighted by Gasteiger charge is -2.04. The van der Waals surface area contributed by atoms with Gasteiger partial charge >= 0.3 is 0 Å². The fourth-order valence-corrected chi connectivity index (χ4v) is 0.986. The van der Waals surface area contributed by atoms with E-state index in [4.69, 9.17) is 22.1 Å². The van der Waals surface area contributed by atoms with Crippen LogP contribution in [0.1, 0.15) is 16.8 Å². The number of ether oxygens (including phenoxy) is 1. The zero-order chi connectivity index (χ0) is 10.4. The van der Waals surface area contributed by atoms with Crippen molar-refractivity contribution in [3.8, 4) is 5.75 Å². The second kappa shape index (κ2) is 5.44. The number of hydrogen-bond acceptors (Lipinski definition) is 3. The molecule has 1 aromatic heterocycles. The third-order valence-corrected chi connectivity index (χ3v) is 1.81. The summed E-state index contributed by atoms with van der Waals surface area (Å²) in [5.74, 6) is 0.565. The van der Waals surface area contributed by atoms with Crippen molar-refractivity contribution in [2.24, 2.45) is 5.73 Å². The number of alkyl halides is 1. The Hall–Kier alpha value is -1.29. The highest BCUT2D eigenvalue weighted by molar-refractivity contribution is 6.17. The number of carbonyl (C=O) groups is 1. The van der Waals surface area contributed by atoms with E-state index in [9.17, 15) is 4.79 Å². The number of hydrogen-bond donors (Lipinski definition) is 1. The van der Waals surface area contributed by atoms with E-state index in [1.54, 1.807) is 6.07 Å². The molecule has 76 valence electrons. The molecule has 1 rings (SSSR count). The fraction of sp³-hybridized carbons (Fsp3) is 0.333. The molecule has 1 aromatic rings. The highest BCUT2D eigenvalue weighted by Gasteiger charge is 2.02. The molecule has 1 heterocycles. The van der Waals surface area contributed by atoms with E-state index in [0.29, 0.717) is 23.8 Å². The Morgan fingerprint density at radius 3 is 3.00 bits per heavy atom. The van der Waals surface area contributed by atoms with Crippen LogP contribution in [0.3, 0.4) is 0 Å². The molecule has 0 saturated heterocycles. The fourth-order valence-electron chi connectivity index (χ4n) is 0.877. The Morgan fingerprint density at radius 2 is 2.36 bits per heavy atom. The van der Waals surface area contributed by atoms with Gasteiger partial charge in [0.25, 0.3) is 0 Å². The molecule has 0 fully saturated rings. The van der Waals surface area contributed by atoms with E-state index in [0.717, 1.165) is 6.42 Å². The predicted molar refractivity (Wildman–Crippen MR) is 53.6 cm³/mol. The lowest BCUT2D eigenvalue weighted by Crippen LogP contribution is -2.11. The Kier molecular flexibility index (Phi) is 4.19. The first kappa shape index (κ1) is 10.8. The molecule has 0 spiro atoms. The van der Waals surface area contributed by atoms with Gasteiger partial charge in [-0.15, -0.1) is 11.6 Å². The number of primary amides is 1. The van der Waals surface area contributed by atoms with Crippen LogP contribution in [-0.2, 0) is 0 Å². The van der Waals surface area contributed by atoms with Crippen LogP contribution >= 0.6 is 11.6 Å². The minimum absolute atomic E-state index is 0.341. The van der Waals surface area contributed by atoms with Crippen molar-refractivity contribution < 1.29 is 9.53 Å². The Labute approximate surface area is 87.0 Å². The Bertz CT molecular complexity index is 317. The molecule has 0 aromatic carbocycles. The standard InChI is InChI=1S/C9H11ClN2O2/c10-2-1-3-14-8-4-7(9(11)13)5-12-6-8/h4-6H,1-3H2,(H2,11,13). The molecular formula is C9H11ClN2O2. The van der Waals surface area contributed by atoms with E-state index in [2.05, 4.69) is 4.98 Å². The summed E-state index contributed by atoms with van der Waals surface area (Å²) >= 11 is 5.48. The smallest absolute Gasteiger partial charge is 0.250 e. The predicted octanol–water partition coefficient (Wildman–Crippen LogP) is 1.19. The molecule has 2 N–H and O–H groups in total. The highest BCUT2D eigenvalue weighted by Crippen LogP contribution is 2.10.